The highest BCUT2D eigenvalue weighted by molar-refractivity contribution is 8.01. The Kier molecular flexibility index (Phi) is 9.89. The summed E-state index contributed by atoms with van der Waals surface area (Å²) in [4.78, 5) is 51.7. The fourth-order valence-electron chi connectivity index (χ4n) is 5.29. The third-order valence-electron chi connectivity index (χ3n) is 7.97. The van der Waals surface area contributed by atoms with Gasteiger partial charge in [-0.3, -0.25) is 19.7 Å². The zero-order valence-corrected chi connectivity index (χ0v) is 26.7. The molecular formula is C31H38N6O4S2. The van der Waals surface area contributed by atoms with E-state index in [0.29, 0.717) is 48.2 Å². The minimum Gasteiger partial charge on any atom is -0.496 e. The first-order chi connectivity index (χ1) is 20.7. The van der Waals surface area contributed by atoms with Gasteiger partial charge in [-0.1, -0.05) is 30.0 Å². The molecule has 10 nitrogen and oxygen atoms in total. The smallest absolute Gasteiger partial charge is 0.257 e. The van der Waals surface area contributed by atoms with Crippen molar-refractivity contribution in [1.29, 1.82) is 0 Å². The summed E-state index contributed by atoms with van der Waals surface area (Å²) in [6, 6.07) is 11.5. The molecule has 0 atom stereocenters. The van der Waals surface area contributed by atoms with Crippen LogP contribution in [0.25, 0.3) is 0 Å². The molecule has 0 spiro atoms. The molecule has 2 saturated heterocycles. The number of carbonyl (C=O) groups excluding carboxylic acids is 3. The van der Waals surface area contributed by atoms with Gasteiger partial charge in [0.05, 0.1) is 23.1 Å². The monoisotopic (exact) mass is 622 g/mol. The van der Waals surface area contributed by atoms with Crippen molar-refractivity contribution in [3.63, 3.8) is 0 Å². The molecular weight excluding hydrogens is 585 g/mol. The van der Waals surface area contributed by atoms with Crippen LogP contribution in [0.3, 0.4) is 0 Å². The van der Waals surface area contributed by atoms with Crippen LogP contribution in [0.1, 0.15) is 40.1 Å². The summed E-state index contributed by atoms with van der Waals surface area (Å²) in [5, 5.41) is 3.43. The van der Waals surface area contributed by atoms with Crippen LogP contribution >= 0.6 is 23.1 Å². The summed E-state index contributed by atoms with van der Waals surface area (Å²) in [5.41, 5.74) is 3.17. The number of anilines is 2. The molecule has 2 aromatic carbocycles. The summed E-state index contributed by atoms with van der Waals surface area (Å²) in [6.45, 7) is 12.9. The van der Waals surface area contributed by atoms with Crippen molar-refractivity contribution in [2.75, 3.05) is 76.2 Å². The molecule has 0 saturated carbocycles. The van der Waals surface area contributed by atoms with E-state index in [1.54, 1.807) is 30.0 Å². The molecule has 228 valence electrons. The van der Waals surface area contributed by atoms with E-state index < -0.39 is 0 Å². The van der Waals surface area contributed by atoms with Crippen molar-refractivity contribution in [2.24, 2.45) is 0 Å². The zero-order chi connectivity index (χ0) is 30.5. The zero-order valence-electron chi connectivity index (χ0n) is 25.1. The number of aryl methyl sites for hydroxylation is 1. The van der Waals surface area contributed by atoms with Crippen LogP contribution in [-0.2, 0) is 4.79 Å². The molecule has 12 heteroatoms. The Labute approximate surface area is 261 Å². The van der Waals surface area contributed by atoms with Crippen molar-refractivity contribution in [1.82, 2.24) is 19.7 Å². The minimum absolute atomic E-state index is 0.0216. The lowest BCUT2D eigenvalue weighted by Gasteiger charge is -2.35. The Morgan fingerprint density at radius 3 is 2.28 bits per heavy atom. The molecule has 2 aliphatic heterocycles. The lowest BCUT2D eigenvalue weighted by atomic mass is 10.1. The van der Waals surface area contributed by atoms with Gasteiger partial charge in [0.1, 0.15) is 5.75 Å². The summed E-state index contributed by atoms with van der Waals surface area (Å²) in [5.74, 6) is 0.223. The predicted octanol–water partition coefficient (Wildman–Crippen LogP) is 4.31. The molecule has 0 aliphatic carbocycles. The molecule has 1 aromatic heterocycles. The van der Waals surface area contributed by atoms with Crippen LogP contribution in [-0.4, -0.2) is 103 Å². The Hall–Kier alpha value is -3.61. The Balaban J connectivity index is 1.22. The standard InChI is InChI=1S/C31H38N6O4S2/c1-5-34-10-12-36(13-11-34)24-8-6-23(7-9-24)29(39)33-31-32-20-28(43-31)42-27-19-25(26(41-4)18-21(27)2)30(40)37-16-14-35(15-17-37)22(3)38/h6-9,18-20H,5,10-17H2,1-4H3,(H,32,33,39). The van der Waals surface area contributed by atoms with Crippen molar-refractivity contribution in [3.8, 4) is 5.75 Å². The molecule has 43 heavy (non-hydrogen) atoms. The van der Waals surface area contributed by atoms with Crippen molar-refractivity contribution >= 4 is 51.6 Å². The lowest BCUT2D eigenvalue weighted by molar-refractivity contribution is -0.130. The fraction of sp³-hybridized carbons (Fsp3) is 0.419. The molecule has 3 heterocycles. The molecule has 0 unspecified atom stereocenters. The number of nitrogens with one attached hydrogen (secondary N) is 1. The van der Waals surface area contributed by atoms with Crippen LogP contribution in [0, 0.1) is 6.92 Å². The first-order valence-electron chi connectivity index (χ1n) is 14.5. The van der Waals surface area contributed by atoms with Gasteiger partial charge in [-0.05, 0) is 55.4 Å². The maximum absolute atomic E-state index is 13.4. The number of ether oxygens (including phenoxy) is 1. The van der Waals surface area contributed by atoms with Crippen LogP contribution in [0.15, 0.2) is 51.7 Å². The Bertz CT molecular complexity index is 1460. The van der Waals surface area contributed by atoms with Gasteiger partial charge in [0, 0.05) is 75.4 Å². The second-order valence-corrected chi connectivity index (χ2v) is 13.0. The van der Waals surface area contributed by atoms with Gasteiger partial charge < -0.3 is 24.3 Å². The van der Waals surface area contributed by atoms with Gasteiger partial charge in [0.2, 0.25) is 5.91 Å². The van der Waals surface area contributed by atoms with E-state index in [-0.39, 0.29) is 17.7 Å². The van der Waals surface area contributed by atoms with E-state index in [2.05, 4.69) is 27.0 Å². The second kappa shape index (κ2) is 13.8. The Morgan fingerprint density at radius 1 is 0.977 bits per heavy atom. The normalized spacial score (nSPS) is 15.9. The van der Waals surface area contributed by atoms with Gasteiger partial charge in [0.15, 0.2) is 5.13 Å². The third kappa shape index (κ3) is 7.31. The highest BCUT2D eigenvalue weighted by Gasteiger charge is 2.26. The van der Waals surface area contributed by atoms with Crippen LogP contribution in [0.5, 0.6) is 5.75 Å². The maximum Gasteiger partial charge on any atom is 0.257 e. The van der Waals surface area contributed by atoms with Gasteiger partial charge in [-0.15, -0.1) is 0 Å². The molecule has 2 aliphatic rings. The van der Waals surface area contributed by atoms with E-state index in [9.17, 15) is 14.4 Å². The molecule has 1 N–H and O–H groups in total. The number of aromatic nitrogens is 1. The lowest BCUT2D eigenvalue weighted by Crippen LogP contribution is -2.50. The number of rotatable bonds is 8. The highest BCUT2D eigenvalue weighted by atomic mass is 32.2. The number of hydrogen-bond donors (Lipinski definition) is 1. The maximum atomic E-state index is 13.4. The van der Waals surface area contributed by atoms with Crippen molar-refractivity contribution in [2.45, 2.75) is 29.9 Å². The first kappa shape index (κ1) is 30.8. The van der Waals surface area contributed by atoms with Crippen LogP contribution in [0.4, 0.5) is 10.8 Å². The summed E-state index contributed by atoms with van der Waals surface area (Å²) in [6.07, 6.45) is 1.73. The average molecular weight is 623 g/mol. The number of amides is 3. The van der Waals surface area contributed by atoms with E-state index in [1.165, 1.54) is 23.1 Å². The Morgan fingerprint density at radius 2 is 1.65 bits per heavy atom. The van der Waals surface area contributed by atoms with E-state index in [1.807, 2.05) is 43.3 Å². The van der Waals surface area contributed by atoms with E-state index >= 15 is 0 Å². The van der Waals surface area contributed by atoms with Gasteiger partial charge in [-0.25, -0.2) is 4.98 Å². The number of thiazole rings is 1. The average Bonchev–Trinajstić information content (AvgIpc) is 3.48. The quantitative estimate of drug-likeness (QED) is 0.397. The number of methoxy groups -OCH3 is 1. The number of likely N-dealkylation sites (N-methyl/N-ethyl adjacent to an activating group) is 1. The number of hydrogen-bond acceptors (Lipinski definition) is 9. The molecule has 3 amide bonds. The molecule has 3 aromatic rings. The van der Waals surface area contributed by atoms with E-state index in [4.69, 9.17) is 4.74 Å². The fourth-order valence-corrected chi connectivity index (χ4v) is 7.23. The highest BCUT2D eigenvalue weighted by Crippen LogP contribution is 2.38. The van der Waals surface area contributed by atoms with Gasteiger partial charge >= 0.3 is 0 Å². The number of nitrogens with zero attached hydrogens (tertiary/aromatic N) is 5. The van der Waals surface area contributed by atoms with Gasteiger partial charge in [-0.2, -0.15) is 0 Å². The first-order valence-corrected chi connectivity index (χ1v) is 16.1. The SMILES string of the molecule is CCN1CCN(c2ccc(C(=O)Nc3ncc(Sc4cc(C(=O)N5CCN(C(C)=O)CC5)c(OC)cc4C)s3)cc2)CC1. The summed E-state index contributed by atoms with van der Waals surface area (Å²) < 4.78 is 6.45. The predicted molar refractivity (Wildman–Crippen MR) is 171 cm³/mol. The summed E-state index contributed by atoms with van der Waals surface area (Å²) in [7, 11) is 1.56. The third-order valence-corrected chi connectivity index (χ3v) is 10.1. The molecule has 0 bridgehead atoms. The molecule has 0 radical (unpaired) electrons. The topological polar surface area (TPSA) is 98.3 Å². The minimum atomic E-state index is -0.202. The second-order valence-electron chi connectivity index (χ2n) is 10.6. The van der Waals surface area contributed by atoms with Crippen molar-refractivity contribution in [3.05, 3.63) is 59.3 Å². The number of piperazine rings is 2. The summed E-state index contributed by atoms with van der Waals surface area (Å²) >= 11 is 2.88. The van der Waals surface area contributed by atoms with Crippen LogP contribution in [0.2, 0.25) is 0 Å². The largest absolute Gasteiger partial charge is 0.496 e. The van der Waals surface area contributed by atoms with Crippen LogP contribution < -0.4 is 15.0 Å². The number of benzene rings is 2. The molecule has 2 fully saturated rings. The van der Waals surface area contributed by atoms with Crippen molar-refractivity contribution < 1.29 is 19.1 Å². The molecule has 5 rings (SSSR count). The van der Waals surface area contributed by atoms with Gasteiger partial charge in [0.25, 0.3) is 11.8 Å². The van der Waals surface area contributed by atoms with E-state index in [0.717, 1.165) is 53.1 Å². The number of carbonyl (C=O) groups is 3.